The van der Waals surface area contributed by atoms with E-state index in [1.54, 1.807) is 7.05 Å². The third kappa shape index (κ3) is 8.24. The zero-order valence-electron chi connectivity index (χ0n) is 14.6. The van der Waals surface area contributed by atoms with Crippen molar-refractivity contribution in [1.82, 2.24) is 16.0 Å². The maximum Gasteiger partial charge on any atom is 0.222 e. The third-order valence-electron chi connectivity index (χ3n) is 3.91. The molecule has 5 heteroatoms. The molecule has 1 aromatic carbocycles. The Kier molecular flexibility index (Phi) is 9.52. The summed E-state index contributed by atoms with van der Waals surface area (Å²) < 4.78 is 0. The molecule has 0 aliphatic carbocycles. The second-order valence-corrected chi connectivity index (χ2v) is 5.57. The van der Waals surface area contributed by atoms with E-state index in [0.717, 1.165) is 30.9 Å². The zero-order chi connectivity index (χ0) is 16.9. The average molecular weight is 318 g/mol. The van der Waals surface area contributed by atoms with Gasteiger partial charge in [0.25, 0.3) is 0 Å². The highest BCUT2D eigenvalue weighted by Crippen LogP contribution is 2.04. The summed E-state index contributed by atoms with van der Waals surface area (Å²) in [5.74, 6) is 1.45. The van der Waals surface area contributed by atoms with Gasteiger partial charge in [-0.3, -0.25) is 9.79 Å². The number of rotatable bonds is 9. The highest BCUT2D eigenvalue weighted by atomic mass is 16.1. The smallest absolute Gasteiger partial charge is 0.222 e. The quantitative estimate of drug-likeness (QED) is 0.483. The number of carbonyl (C=O) groups excluding carboxylic acids is 1. The van der Waals surface area contributed by atoms with Crippen LogP contribution in [0.3, 0.4) is 0 Å². The van der Waals surface area contributed by atoms with E-state index in [0.29, 0.717) is 25.4 Å². The van der Waals surface area contributed by atoms with Crippen LogP contribution in [-0.4, -0.2) is 32.0 Å². The van der Waals surface area contributed by atoms with E-state index in [9.17, 15) is 4.79 Å². The van der Waals surface area contributed by atoms with Gasteiger partial charge in [-0.25, -0.2) is 0 Å². The summed E-state index contributed by atoms with van der Waals surface area (Å²) >= 11 is 0. The molecule has 0 aliphatic rings. The Balaban J connectivity index is 2.19. The molecule has 1 aromatic rings. The lowest BCUT2D eigenvalue weighted by Gasteiger charge is -2.16. The Morgan fingerprint density at radius 2 is 1.78 bits per heavy atom. The molecule has 0 radical (unpaired) electrons. The number of hydrogen-bond donors (Lipinski definition) is 3. The molecule has 0 spiro atoms. The Hall–Kier alpha value is -2.04. The second kappa shape index (κ2) is 11.5. The van der Waals surface area contributed by atoms with Crippen LogP contribution in [0, 0.1) is 5.92 Å². The van der Waals surface area contributed by atoms with Crippen molar-refractivity contribution in [2.75, 3.05) is 20.1 Å². The van der Waals surface area contributed by atoms with Crippen LogP contribution in [0.2, 0.25) is 0 Å². The maximum atomic E-state index is 11.8. The van der Waals surface area contributed by atoms with Crippen LogP contribution in [0.1, 0.15) is 38.7 Å². The lowest BCUT2D eigenvalue weighted by molar-refractivity contribution is -0.121. The molecule has 5 nitrogen and oxygen atoms in total. The van der Waals surface area contributed by atoms with Gasteiger partial charge in [-0.15, -0.1) is 0 Å². The summed E-state index contributed by atoms with van der Waals surface area (Å²) in [5.41, 5.74) is 1.11. The van der Waals surface area contributed by atoms with Crippen molar-refractivity contribution in [3.8, 4) is 0 Å². The largest absolute Gasteiger partial charge is 0.356 e. The summed E-state index contributed by atoms with van der Waals surface area (Å²) in [7, 11) is 1.75. The van der Waals surface area contributed by atoms with Crippen LogP contribution >= 0.6 is 0 Å². The minimum absolute atomic E-state index is 0.0387. The molecule has 0 bridgehead atoms. The van der Waals surface area contributed by atoms with E-state index in [1.807, 2.05) is 30.3 Å². The fourth-order valence-electron chi connectivity index (χ4n) is 2.22. The maximum absolute atomic E-state index is 11.8. The fourth-order valence-corrected chi connectivity index (χ4v) is 2.22. The van der Waals surface area contributed by atoms with Crippen LogP contribution in [0.5, 0.6) is 0 Å². The van der Waals surface area contributed by atoms with E-state index in [2.05, 4.69) is 34.8 Å². The van der Waals surface area contributed by atoms with Gasteiger partial charge in [-0.1, -0.05) is 57.0 Å². The monoisotopic (exact) mass is 318 g/mol. The van der Waals surface area contributed by atoms with Gasteiger partial charge in [0.15, 0.2) is 5.96 Å². The van der Waals surface area contributed by atoms with Gasteiger partial charge in [0.05, 0.1) is 0 Å². The molecule has 0 saturated carbocycles. The van der Waals surface area contributed by atoms with Crippen LogP contribution in [-0.2, 0) is 11.3 Å². The first-order valence-electron chi connectivity index (χ1n) is 8.44. The Morgan fingerprint density at radius 1 is 1.09 bits per heavy atom. The number of nitrogens with one attached hydrogen (secondary N) is 3. The Bertz CT molecular complexity index is 469. The molecule has 1 rings (SSSR count). The van der Waals surface area contributed by atoms with E-state index >= 15 is 0 Å². The zero-order valence-corrected chi connectivity index (χ0v) is 14.6. The molecule has 1 amide bonds. The average Bonchev–Trinajstić information content (AvgIpc) is 2.60. The lowest BCUT2D eigenvalue weighted by atomic mass is 10.0. The van der Waals surface area contributed by atoms with Crippen molar-refractivity contribution in [2.24, 2.45) is 10.9 Å². The molecule has 3 N–H and O–H groups in total. The lowest BCUT2D eigenvalue weighted by Crippen LogP contribution is -2.41. The van der Waals surface area contributed by atoms with Crippen LogP contribution in [0.25, 0.3) is 0 Å². The standard InChI is InChI=1S/C18H30N4O/c1-4-15(5-2)13-22-18(19-3)20-12-11-17(23)21-14-16-9-7-6-8-10-16/h6-10,15H,4-5,11-14H2,1-3H3,(H,21,23)(H2,19,20,22). The van der Waals surface area contributed by atoms with Gasteiger partial charge in [0, 0.05) is 33.1 Å². The summed E-state index contributed by atoms with van der Waals surface area (Å²) in [5, 5.41) is 9.41. The van der Waals surface area contributed by atoms with Crippen molar-refractivity contribution in [1.29, 1.82) is 0 Å². The minimum atomic E-state index is 0.0387. The summed E-state index contributed by atoms with van der Waals surface area (Å²) in [4.78, 5) is 16.0. The predicted molar refractivity (Wildman–Crippen MR) is 96.3 cm³/mol. The molecule has 128 valence electrons. The topological polar surface area (TPSA) is 65.5 Å². The number of nitrogens with zero attached hydrogens (tertiary/aromatic N) is 1. The number of guanidine groups is 1. The van der Waals surface area contributed by atoms with Crippen LogP contribution in [0.15, 0.2) is 35.3 Å². The van der Waals surface area contributed by atoms with Crippen molar-refractivity contribution in [3.63, 3.8) is 0 Å². The molecular weight excluding hydrogens is 288 g/mol. The highest BCUT2D eigenvalue weighted by molar-refractivity contribution is 5.81. The second-order valence-electron chi connectivity index (χ2n) is 5.57. The Labute approximate surface area is 140 Å². The normalized spacial score (nSPS) is 11.4. The number of hydrogen-bond acceptors (Lipinski definition) is 2. The first-order valence-corrected chi connectivity index (χ1v) is 8.44. The van der Waals surface area contributed by atoms with Crippen LogP contribution < -0.4 is 16.0 Å². The highest BCUT2D eigenvalue weighted by Gasteiger charge is 2.06. The molecule has 0 aromatic heterocycles. The molecule has 23 heavy (non-hydrogen) atoms. The first-order chi connectivity index (χ1) is 11.2. The van der Waals surface area contributed by atoms with Gasteiger partial charge in [-0.2, -0.15) is 0 Å². The molecule has 0 fully saturated rings. The van der Waals surface area contributed by atoms with Gasteiger partial charge >= 0.3 is 0 Å². The number of carbonyl (C=O) groups is 1. The molecule has 0 saturated heterocycles. The number of aliphatic imine (C=N–C) groups is 1. The Morgan fingerprint density at radius 3 is 2.39 bits per heavy atom. The van der Waals surface area contributed by atoms with Crippen molar-refractivity contribution in [3.05, 3.63) is 35.9 Å². The molecule has 0 aliphatic heterocycles. The molecule has 0 unspecified atom stereocenters. The van der Waals surface area contributed by atoms with E-state index in [1.165, 1.54) is 0 Å². The third-order valence-corrected chi connectivity index (χ3v) is 3.91. The van der Waals surface area contributed by atoms with Gasteiger partial charge in [0.1, 0.15) is 0 Å². The SMILES string of the molecule is CCC(CC)CNC(=NC)NCCC(=O)NCc1ccccc1. The van der Waals surface area contributed by atoms with E-state index in [4.69, 9.17) is 0 Å². The fraction of sp³-hybridized carbons (Fsp3) is 0.556. The van der Waals surface area contributed by atoms with Gasteiger partial charge < -0.3 is 16.0 Å². The van der Waals surface area contributed by atoms with Crippen molar-refractivity contribution >= 4 is 11.9 Å². The van der Waals surface area contributed by atoms with Gasteiger partial charge in [-0.05, 0) is 11.5 Å². The summed E-state index contributed by atoms with van der Waals surface area (Å²) in [6.07, 6.45) is 2.74. The van der Waals surface area contributed by atoms with E-state index < -0.39 is 0 Å². The van der Waals surface area contributed by atoms with Crippen LogP contribution in [0.4, 0.5) is 0 Å². The summed E-state index contributed by atoms with van der Waals surface area (Å²) in [6, 6.07) is 9.91. The predicted octanol–water partition coefficient (Wildman–Crippen LogP) is 2.29. The molecular formula is C18H30N4O. The molecule has 0 heterocycles. The number of amides is 1. The van der Waals surface area contributed by atoms with Gasteiger partial charge in [0.2, 0.25) is 5.91 Å². The number of benzene rings is 1. The molecule has 0 atom stereocenters. The summed E-state index contributed by atoms with van der Waals surface area (Å²) in [6.45, 7) is 6.45. The van der Waals surface area contributed by atoms with E-state index in [-0.39, 0.29) is 5.91 Å². The minimum Gasteiger partial charge on any atom is -0.356 e. The first kappa shape index (κ1) is 19.0. The van der Waals surface area contributed by atoms with Crippen molar-refractivity contribution in [2.45, 2.75) is 39.7 Å². The van der Waals surface area contributed by atoms with Crippen molar-refractivity contribution < 1.29 is 4.79 Å².